The van der Waals surface area contributed by atoms with Crippen molar-refractivity contribution in [2.45, 2.75) is 24.9 Å². The van der Waals surface area contributed by atoms with E-state index in [0.717, 1.165) is 4.57 Å². The number of ether oxygens (including phenoxy) is 1. The lowest BCUT2D eigenvalue weighted by molar-refractivity contribution is -0.0463. The quantitative estimate of drug-likeness (QED) is 0.360. The minimum absolute atomic E-state index is 0.124. The lowest BCUT2D eigenvalue weighted by Crippen LogP contribution is -2.38. The van der Waals surface area contributed by atoms with Gasteiger partial charge in [0.15, 0.2) is 0 Å². The van der Waals surface area contributed by atoms with Crippen molar-refractivity contribution in [1.29, 1.82) is 5.41 Å². The Hall–Kier alpha value is -2.13. The monoisotopic (exact) mass is 268 g/mol. The fourth-order valence-electron chi connectivity index (χ4n) is 1.89. The van der Waals surface area contributed by atoms with Gasteiger partial charge < -0.3 is 14.9 Å². The molecule has 0 amide bonds. The number of aromatic nitrogens is 2. The first kappa shape index (κ1) is 13.3. The number of hydrogen-bond acceptors (Lipinski definition) is 6. The van der Waals surface area contributed by atoms with E-state index in [0.29, 0.717) is 4.68 Å². The van der Waals surface area contributed by atoms with Gasteiger partial charge >= 0.3 is 5.69 Å². The van der Waals surface area contributed by atoms with Crippen LogP contribution in [0.3, 0.4) is 0 Å². The van der Waals surface area contributed by atoms with Crippen LogP contribution in [0.25, 0.3) is 10.4 Å². The van der Waals surface area contributed by atoms with Crippen LogP contribution in [-0.4, -0.2) is 38.3 Å². The summed E-state index contributed by atoms with van der Waals surface area (Å²) in [5.41, 5.74) is 7.33. The molecule has 10 heteroatoms. The Morgan fingerprint density at radius 2 is 2.42 bits per heavy atom. The van der Waals surface area contributed by atoms with Crippen molar-refractivity contribution in [2.24, 2.45) is 5.22 Å². The van der Waals surface area contributed by atoms with E-state index in [9.17, 15) is 9.90 Å². The third-order valence-corrected chi connectivity index (χ3v) is 2.85. The molecule has 102 valence electrons. The van der Waals surface area contributed by atoms with Gasteiger partial charge in [-0.15, -0.1) is 10.2 Å². The summed E-state index contributed by atoms with van der Waals surface area (Å²) in [5.74, 6) is 0. The second-order valence-electron chi connectivity index (χ2n) is 4.00. The average Bonchev–Trinajstić information content (AvgIpc) is 2.75. The van der Waals surface area contributed by atoms with Crippen LogP contribution in [0, 0.1) is 5.41 Å². The summed E-state index contributed by atoms with van der Waals surface area (Å²) in [7, 11) is 0. The lowest BCUT2D eigenvalue weighted by atomic mass is 10.2. The highest BCUT2D eigenvalue weighted by molar-refractivity contribution is 4.89. The van der Waals surface area contributed by atoms with E-state index in [1.54, 1.807) is 0 Å². The van der Waals surface area contributed by atoms with Gasteiger partial charge in [-0.25, -0.2) is 4.79 Å². The van der Waals surface area contributed by atoms with E-state index in [-0.39, 0.29) is 18.5 Å². The molecule has 1 saturated heterocycles. The van der Waals surface area contributed by atoms with E-state index in [1.807, 2.05) is 0 Å². The zero-order valence-electron chi connectivity index (χ0n) is 9.75. The van der Waals surface area contributed by atoms with Gasteiger partial charge in [0.05, 0.1) is 12.7 Å². The van der Waals surface area contributed by atoms with Gasteiger partial charge in [0, 0.05) is 18.7 Å². The molecule has 0 radical (unpaired) electrons. The van der Waals surface area contributed by atoms with Gasteiger partial charge in [0.2, 0.25) is 5.49 Å². The summed E-state index contributed by atoms with van der Waals surface area (Å²) in [6.45, 7) is -0.362. The predicted molar refractivity (Wildman–Crippen MR) is 60.7 cm³/mol. The largest absolute Gasteiger partial charge is 0.427 e. The van der Waals surface area contributed by atoms with Gasteiger partial charge in [0.25, 0.3) is 0 Å². The molecule has 0 unspecified atom stereocenters. The van der Waals surface area contributed by atoms with Crippen LogP contribution in [0.5, 0.6) is 0 Å². The first-order valence-corrected chi connectivity index (χ1v) is 5.47. The molecule has 10 nitrogen and oxygen atoms in total. The molecule has 1 fully saturated rings. The Labute approximate surface area is 106 Å². The van der Waals surface area contributed by atoms with E-state index in [2.05, 4.69) is 10.1 Å². The number of azide groups is 1. The Morgan fingerprint density at radius 1 is 1.68 bits per heavy atom. The number of nitrogens with zero attached hydrogens (tertiary/aromatic N) is 5. The lowest BCUT2D eigenvalue weighted by Gasteiger charge is -2.13. The third kappa shape index (κ3) is 2.37. The molecule has 0 aromatic carbocycles. The molecule has 19 heavy (non-hydrogen) atoms. The van der Waals surface area contributed by atoms with Crippen LogP contribution in [0.2, 0.25) is 0 Å². The van der Waals surface area contributed by atoms with Crippen molar-refractivity contribution in [1.82, 2.24) is 9.24 Å². The molecule has 3 N–H and O–H groups in total. The van der Waals surface area contributed by atoms with Gasteiger partial charge in [-0.2, -0.15) is 4.91 Å². The molecule has 1 aromatic heterocycles. The van der Waals surface area contributed by atoms with Crippen molar-refractivity contribution in [3.05, 3.63) is 38.7 Å². The predicted octanol–water partition coefficient (Wildman–Crippen LogP) is -1.16. The third-order valence-electron chi connectivity index (χ3n) is 2.85. The maximum Gasteiger partial charge on any atom is 0.427 e. The molecule has 0 spiro atoms. The van der Waals surface area contributed by atoms with E-state index < -0.39 is 24.1 Å². The molecular weight excluding hydrogens is 256 g/mol. The van der Waals surface area contributed by atoms with Crippen molar-refractivity contribution >= 4 is 0 Å². The van der Waals surface area contributed by atoms with Crippen LogP contribution in [-0.2, 0) is 4.74 Å². The Balaban J connectivity index is 2.43. The molecular formula is C9H12N6O4. The summed E-state index contributed by atoms with van der Waals surface area (Å²) in [6.07, 6.45) is -0.990. The molecule has 1 aliphatic heterocycles. The second kappa shape index (κ2) is 5.24. The minimum atomic E-state index is -0.884. The van der Waals surface area contributed by atoms with Crippen LogP contribution >= 0.6 is 0 Å². The summed E-state index contributed by atoms with van der Waals surface area (Å²) in [6, 6.07) is 1.26. The van der Waals surface area contributed by atoms with Crippen LogP contribution < -0.4 is 11.2 Å². The minimum Gasteiger partial charge on any atom is -0.394 e. The first-order chi connectivity index (χ1) is 9.08. The maximum atomic E-state index is 12.0. The summed E-state index contributed by atoms with van der Waals surface area (Å²) >= 11 is 0. The Morgan fingerprint density at radius 3 is 3.00 bits per heavy atom. The van der Waals surface area contributed by atoms with Crippen molar-refractivity contribution in [3.8, 4) is 0 Å². The van der Waals surface area contributed by atoms with Crippen molar-refractivity contribution in [2.75, 3.05) is 6.61 Å². The number of aliphatic hydroxyl groups excluding tert-OH is 2. The van der Waals surface area contributed by atoms with Crippen LogP contribution in [0.15, 0.2) is 22.3 Å². The molecule has 3 atom stereocenters. The first-order valence-electron chi connectivity index (χ1n) is 5.47. The fourth-order valence-corrected chi connectivity index (χ4v) is 1.89. The van der Waals surface area contributed by atoms with Gasteiger partial charge in [0.1, 0.15) is 12.3 Å². The maximum absolute atomic E-state index is 12.0. The van der Waals surface area contributed by atoms with Crippen molar-refractivity contribution in [3.63, 3.8) is 0 Å². The number of rotatable bonds is 3. The molecule has 1 aromatic rings. The van der Waals surface area contributed by atoms with E-state index in [1.165, 1.54) is 12.3 Å². The Kier molecular flexibility index (Phi) is 3.67. The van der Waals surface area contributed by atoms with Gasteiger partial charge in [-0.3, -0.25) is 9.98 Å². The van der Waals surface area contributed by atoms with Crippen LogP contribution in [0.4, 0.5) is 0 Å². The summed E-state index contributed by atoms with van der Waals surface area (Å²) < 4.78 is 6.99. The highest BCUT2D eigenvalue weighted by Gasteiger charge is 2.35. The van der Waals surface area contributed by atoms with E-state index in [4.69, 9.17) is 20.8 Å². The summed E-state index contributed by atoms with van der Waals surface area (Å²) in [4.78, 5) is 14.5. The molecule has 0 saturated carbocycles. The fraction of sp³-hybridized carbons (Fsp3) is 0.556. The Bertz CT molecular complexity index is 630. The SMILES string of the molecule is [N-]=[N+]=Nn1c(=N)ccn([C@H]2C[C@H](O)[C@@H](CO)O2)c1=O. The number of nitrogens with one attached hydrogen (secondary N) is 1. The average molecular weight is 268 g/mol. The summed E-state index contributed by atoms with van der Waals surface area (Å²) in [5, 5.41) is 29.1. The highest BCUT2D eigenvalue weighted by atomic mass is 16.5. The van der Waals surface area contributed by atoms with Crippen molar-refractivity contribution < 1.29 is 14.9 Å². The topological polar surface area (TPSA) is 149 Å². The number of aliphatic hydroxyl groups is 2. The molecule has 1 aliphatic rings. The van der Waals surface area contributed by atoms with Gasteiger partial charge in [-0.05, 0) is 5.22 Å². The van der Waals surface area contributed by atoms with Crippen LogP contribution in [0.1, 0.15) is 12.6 Å². The molecule has 2 rings (SSSR count). The van der Waals surface area contributed by atoms with Gasteiger partial charge in [-0.1, -0.05) is 0 Å². The van der Waals surface area contributed by atoms with E-state index >= 15 is 0 Å². The molecule has 0 aliphatic carbocycles. The molecule has 0 bridgehead atoms. The smallest absolute Gasteiger partial charge is 0.394 e. The number of hydrogen-bond donors (Lipinski definition) is 3. The second-order valence-corrected chi connectivity index (χ2v) is 4.00. The normalized spacial score (nSPS) is 26.1. The molecule has 2 heterocycles. The standard InChI is InChI=1S/C9H12N6O4/c10-7-1-2-14(9(18)15(7)13-12-11)8-3-5(17)6(4-16)19-8/h1-2,5-6,8,10,16-17H,3-4H2/t5-,6+,8+/m0/s1. The zero-order chi connectivity index (χ0) is 14.0. The zero-order valence-corrected chi connectivity index (χ0v) is 9.75. The highest BCUT2D eigenvalue weighted by Crippen LogP contribution is 2.26.